The normalized spacial score (nSPS) is 10.9. The Labute approximate surface area is 96.3 Å². The molecular formula is C12H11BrO2. The van der Waals surface area contributed by atoms with Gasteiger partial charge in [0.1, 0.15) is 0 Å². The molecule has 2 aromatic rings. The number of hydrogen-bond acceptors (Lipinski definition) is 2. The van der Waals surface area contributed by atoms with Crippen LogP contribution in [0.5, 0.6) is 0 Å². The average molecular weight is 267 g/mol. The van der Waals surface area contributed by atoms with Crippen molar-refractivity contribution in [1.82, 2.24) is 0 Å². The minimum Gasteiger partial charge on any atom is -0.392 e. The molecule has 0 aromatic heterocycles. The second kappa shape index (κ2) is 4.31. The highest BCUT2D eigenvalue weighted by molar-refractivity contribution is 9.10. The molecule has 0 unspecified atom stereocenters. The van der Waals surface area contributed by atoms with Crippen LogP contribution < -0.4 is 0 Å². The van der Waals surface area contributed by atoms with E-state index in [1.54, 1.807) is 0 Å². The Balaban J connectivity index is 2.86. The molecule has 0 atom stereocenters. The van der Waals surface area contributed by atoms with Crippen molar-refractivity contribution in [3.05, 3.63) is 45.9 Å². The van der Waals surface area contributed by atoms with Crippen molar-refractivity contribution < 1.29 is 10.2 Å². The minimum atomic E-state index is -0.00714. The van der Waals surface area contributed by atoms with Crippen LogP contribution in [0.3, 0.4) is 0 Å². The van der Waals surface area contributed by atoms with Gasteiger partial charge in [-0.3, -0.25) is 0 Å². The molecule has 3 heteroatoms. The molecule has 2 N–H and O–H groups in total. The summed E-state index contributed by atoms with van der Waals surface area (Å²) in [4.78, 5) is 0. The van der Waals surface area contributed by atoms with Crippen LogP contribution >= 0.6 is 15.9 Å². The summed E-state index contributed by atoms with van der Waals surface area (Å²) in [6.07, 6.45) is 0. The number of halogens is 1. The third kappa shape index (κ3) is 1.78. The van der Waals surface area contributed by atoms with Crippen LogP contribution in [-0.4, -0.2) is 10.2 Å². The van der Waals surface area contributed by atoms with Gasteiger partial charge in [0.25, 0.3) is 0 Å². The minimum absolute atomic E-state index is 0.00478. The number of aliphatic hydroxyl groups excluding tert-OH is 2. The number of aliphatic hydroxyl groups is 2. The molecule has 0 saturated carbocycles. The van der Waals surface area contributed by atoms with Gasteiger partial charge >= 0.3 is 0 Å². The SMILES string of the molecule is OCc1cc(Br)c(CO)c2ccccc12. The Morgan fingerprint density at radius 3 is 2.27 bits per heavy atom. The van der Waals surface area contributed by atoms with Gasteiger partial charge in [-0.05, 0) is 28.0 Å². The van der Waals surface area contributed by atoms with Crippen LogP contribution in [0.1, 0.15) is 11.1 Å². The van der Waals surface area contributed by atoms with Gasteiger partial charge in [-0.15, -0.1) is 0 Å². The quantitative estimate of drug-likeness (QED) is 0.878. The summed E-state index contributed by atoms with van der Waals surface area (Å²) in [6.45, 7) is -0.00235. The van der Waals surface area contributed by atoms with Crippen molar-refractivity contribution >= 4 is 26.7 Å². The molecule has 2 aromatic carbocycles. The molecule has 0 spiro atoms. The summed E-state index contributed by atoms with van der Waals surface area (Å²) in [6, 6.07) is 9.61. The first-order chi connectivity index (χ1) is 7.27. The van der Waals surface area contributed by atoms with Crippen LogP contribution in [0.2, 0.25) is 0 Å². The standard InChI is InChI=1S/C12H11BrO2/c13-12-5-8(6-14)9-3-1-2-4-10(9)11(12)7-15/h1-5,14-15H,6-7H2. The van der Waals surface area contributed by atoms with Crippen molar-refractivity contribution in [3.8, 4) is 0 Å². The van der Waals surface area contributed by atoms with E-state index in [0.717, 1.165) is 26.4 Å². The largest absolute Gasteiger partial charge is 0.392 e. The zero-order chi connectivity index (χ0) is 10.8. The van der Waals surface area contributed by atoms with Gasteiger partial charge in [0.2, 0.25) is 0 Å². The highest BCUT2D eigenvalue weighted by atomic mass is 79.9. The van der Waals surface area contributed by atoms with Crippen molar-refractivity contribution in [2.75, 3.05) is 0 Å². The van der Waals surface area contributed by atoms with Gasteiger partial charge in [0, 0.05) is 4.47 Å². The molecule has 0 saturated heterocycles. The molecule has 0 aliphatic rings. The summed E-state index contributed by atoms with van der Waals surface area (Å²) in [5.74, 6) is 0. The number of hydrogen-bond donors (Lipinski definition) is 2. The van der Waals surface area contributed by atoms with E-state index >= 15 is 0 Å². The molecule has 15 heavy (non-hydrogen) atoms. The summed E-state index contributed by atoms with van der Waals surface area (Å²) < 4.78 is 0.841. The fraction of sp³-hybridized carbons (Fsp3) is 0.167. The molecule has 78 valence electrons. The zero-order valence-corrected chi connectivity index (χ0v) is 9.66. The maximum Gasteiger partial charge on any atom is 0.0698 e. The van der Waals surface area contributed by atoms with E-state index in [-0.39, 0.29) is 13.2 Å². The predicted molar refractivity (Wildman–Crippen MR) is 63.5 cm³/mol. The lowest BCUT2D eigenvalue weighted by Crippen LogP contribution is -1.93. The Hall–Kier alpha value is -0.900. The Bertz CT molecular complexity index is 494. The van der Waals surface area contributed by atoms with E-state index < -0.39 is 0 Å². The van der Waals surface area contributed by atoms with E-state index in [1.165, 1.54) is 0 Å². The predicted octanol–water partition coefficient (Wildman–Crippen LogP) is 2.59. The van der Waals surface area contributed by atoms with Crippen LogP contribution in [-0.2, 0) is 13.2 Å². The van der Waals surface area contributed by atoms with Gasteiger partial charge in [0.15, 0.2) is 0 Å². The lowest BCUT2D eigenvalue weighted by molar-refractivity contribution is 0.279. The highest BCUT2D eigenvalue weighted by Crippen LogP contribution is 2.29. The number of fused-ring (bicyclic) bond motifs is 1. The molecule has 0 aliphatic carbocycles. The topological polar surface area (TPSA) is 40.5 Å². The Morgan fingerprint density at radius 1 is 1.00 bits per heavy atom. The Morgan fingerprint density at radius 2 is 1.67 bits per heavy atom. The lowest BCUT2D eigenvalue weighted by Gasteiger charge is -2.10. The summed E-state index contributed by atoms with van der Waals surface area (Å²) in [7, 11) is 0. The molecule has 2 nitrogen and oxygen atoms in total. The van der Waals surface area contributed by atoms with Gasteiger partial charge in [-0.2, -0.15) is 0 Å². The van der Waals surface area contributed by atoms with Gasteiger partial charge in [0.05, 0.1) is 13.2 Å². The van der Waals surface area contributed by atoms with Gasteiger partial charge < -0.3 is 10.2 Å². The first-order valence-corrected chi connectivity index (χ1v) is 5.48. The number of benzene rings is 2. The van der Waals surface area contributed by atoms with Crippen LogP contribution in [0.4, 0.5) is 0 Å². The lowest BCUT2D eigenvalue weighted by atomic mass is 10.0. The average Bonchev–Trinajstić information content (AvgIpc) is 2.28. The van der Waals surface area contributed by atoms with Gasteiger partial charge in [-0.25, -0.2) is 0 Å². The van der Waals surface area contributed by atoms with E-state index in [1.807, 2.05) is 30.3 Å². The van der Waals surface area contributed by atoms with E-state index in [4.69, 9.17) is 0 Å². The third-order valence-electron chi connectivity index (χ3n) is 2.52. The molecule has 0 heterocycles. The van der Waals surface area contributed by atoms with Crippen molar-refractivity contribution in [2.45, 2.75) is 13.2 Å². The van der Waals surface area contributed by atoms with Gasteiger partial charge in [-0.1, -0.05) is 40.2 Å². The fourth-order valence-corrected chi connectivity index (χ4v) is 2.38. The molecule has 0 aliphatic heterocycles. The maximum absolute atomic E-state index is 9.29. The summed E-state index contributed by atoms with van der Waals surface area (Å²) >= 11 is 3.40. The maximum atomic E-state index is 9.29. The van der Waals surface area contributed by atoms with Crippen molar-refractivity contribution in [3.63, 3.8) is 0 Å². The molecular weight excluding hydrogens is 256 g/mol. The smallest absolute Gasteiger partial charge is 0.0698 e. The van der Waals surface area contributed by atoms with Crippen molar-refractivity contribution in [2.24, 2.45) is 0 Å². The van der Waals surface area contributed by atoms with Crippen LogP contribution in [0.15, 0.2) is 34.8 Å². The molecule has 2 rings (SSSR count). The van der Waals surface area contributed by atoms with Crippen LogP contribution in [0, 0.1) is 0 Å². The molecule has 0 radical (unpaired) electrons. The molecule has 0 fully saturated rings. The first kappa shape index (κ1) is 10.6. The summed E-state index contributed by atoms with van der Waals surface area (Å²) in [5, 5.41) is 20.5. The molecule has 0 amide bonds. The van der Waals surface area contributed by atoms with E-state index in [9.17, 15) is 10.2 Å². The van der Waals surface area contributed by atoms with Crippen molar-refractivity contribution in [1.29, 1.82) is 0 Å². The second-order valence-electron chi connectivity index (χ2n) is 3.36. The summed E-state index contributed by atoms with van der Waals surface area (Å²) in [5.41, 5.74) is 1.73. The second-order valence-corrected chi connectivity index (χ2v) is 4.21. The zero-order valence-electron chi connectivity index (χ0n) is 8.07. The third-order valence-corrected chi connectivity index (χ3v) is 3.22. The molecule has 0 bridgehead atoms. The highest BCUT2D eigenvalue weighted by Gasteiger charge is 2.08. The first-order valence-electron chi connectivity index (χ1n) is 4.68. The Kier molecular flexibility index (Phi) is 3.05. The van der Waals surface area contributed by atoms with E-state index in [2.05, 4.69) is 15.9 Å². The van der Waals surface area contributed by atoms with Crippen LogP contribution in [0.25, 0.3) is 10.8 Å². The fourth-order valence-electron chi connectivity index (χ4n) is 1.76. The van der Waals surface area contributed by atoms with E-state index in [0.29, 0.717) is 0 Å². The monoisotopic (exact) mass is 266 g/mol. The number of rotatable bonds is 2.